The molecule has 0 radical (unpaired) electrons. The monoisotopic (exact) mass is 370 g/mol. The van der Waals surface area contributed by atoms with Crippen LogP contribution in [-0.2, 0) is 23.9 Å². The number of rotatable bonds is 9. The molecule has 0 aromatic rings. The molecule has 0 saturated heterocycles. The van der Waals surface area contributed by atoms with Gasteiger partial charge in [-0.3, -0.25) is 9.59 Å². The van der Waals surface area contributed by atoms with Crippen molar-refractivity contribution in [1.29, 1.82) is 0 Å². The highest BCUT2D eigenvalue weighted by Crippen LogP contribution is 2.34. The predicted octanol–water partition coefficient (Wildman–Crippen LogP) is 0.988. The summed E-state index contributed by atoms with van der Waals surface area (Å²) in [7, 11) is 1.21. The first-order valence-corrected chi connectivity index (χ1v) is 8.72. The second-order valence-corrected chi connectivity index (χ2v) is 7.22. The van der Waals surface area contributed by atoms with E-state index in [0.717, 1.165) is 19.3 Å². The van der Waals surface area contributed by atoms with Gasteiger partial charge in [0, 0.05) is 0 Å². The molecule has 4 N–H and O–H groups in total. The number of carbonyl (C=O) groups excluding carboxylic acids is 2. The van der Waals surface area contributed by atoms with Crippen molar-refractivity contribution in [2.45, 2.75) is 64.1 Å². The summed E-state index contributed by atoms with van der Waals surface area (Å²) in [6.45, 7) is 5.94. The minimum absolute atomic E-state index is 0.0790. The number of carboxylic acid groups (broad SMARTS) is 1. The van der Waals surface area contributed by atoms with E-state index < -0.39 is 42.0 Å². The van der Waals surface area contributed by atoms with Gasteiger partial charge in [-0.25, -0.2) is 4.79 Å². The Kier molecular flexibility index (Phi) is 8.23. The van der Waals surface area contributed by atoms with Crippen LogP contribution in [0.5, 0.6) is 0 Å². The Hall–Kier alpha value is -1.93. The fourth-order valence-corrected chi connectivity index (χ4v) is 2.88. The molecule has 8 heteroatoms. The molecule has 1 unspecified atom stereocenters. The van der Waals surface area contributed by atoms with Crippen molar-refractivity contribution in [3.8, 4) is 0 Å². The van der Waals surface area contributed by atoms with Gasteiger partial charge in [0.15, 0.2) is 6.04 Å². The second-order valence-electron chi connectivity index (χ2n) is 7.22. The van der Waals surface area contributed by atoms with Crippen LogP contribution in [0.15, 0.2) is 11.6 Å². The number of esters is 1. The topological polar surface area (TPSA) is 128 Å². The van der Waals surface area contributed by atoms with Gasteiger partial charge >= 0.3 is 11.9 Å². The van der Waals surface area contributed by atoms with E-state index in [-0.39, 0.29) is 6.61 Å². The van der Waals surface area contributed by atoms with Gasteiger partial charge in [0.05, 0.1) is 31.8 Å². The molecule has 1 amide bonds. The van der Waals surface area contributed by atoms with E-state index in [0.29, 0.717) is 5.92 Å². The molecule has 0 saturated carbocycles. The molecule has 1 aliphatic rings. The van der Waals surface area contributed by atoms with Crippen molar-refractivity contribution >= 4 is 17.8 Å². The van der Waals surface area contributed by atoms with Crippen LogP contribution in [0.25, 0.3) is 0 Å². The third-order valence-electron chi connectivity index (χ3n) is 4.78. The lowest BCUT2D eigenvalue weighted by molar-refractivity contribution is -0.150. The number of allylic oxidation sites excluding steroid dienone is 2. The van der Waals surface area contributed by atoms with Crippen LogP contribution in [0.3, 0.4) is 0 Å². The van der Waals surface area contributed by atoms with E-state index in [2.05, 4.69) is 18.3 Å². The highest BCUT2D eigenvalue weighted by atomic mass is 16.5. The molecule has 0 fully saturated rings. The zero-order valence-electron chi connectivity index (χ0n) is 15.9. The van der Waals surface area contributed by atoms with Gasteiger partial charge in [-0.2, -0.15) is 0 Å². The third-order valence-corrected chi connectivity index (χ3v) is 4.78. The lowest BCUT2D eigenvalue weighted by atomic mass is 9.79. The fourth-order valence-electron chi connectivity index (χ4n) is 2.88. The molecule has 0 aromatic carbocycles. The van der Waals surface area contributed by atoms with Crippen LogP contribution in [0.1, 0.15) is 46.5 Å². The van der Waals surface area contributed by atoms with E-state index in [1.165, 1.54) is 12.7 Å². The summed E-state index contributed by atoms with van der Waals surface area (Å²) in [5.74, 6) is -2.30. The number of aliphatic carboxylic acids is 1. The van der Waals surface area contributed by atoms with Crippen molar-refractivity contribution in [3.63, 3.8) is 0 Å². The average Bonchev–Trinajstić information content (AvgIpc) is 2.57. The molecule has 26 heavy (non-hydrogen) atoms. The van der Waals surface area contributed by atoms with Gasteiger partial charge in [0.1, 0.15) is 0 Å². The zero-order valence-corrected chi connectivity index (χ0v) is 15.9. The Labute approximate surface area is 154 Å². The van der Waals surface area contributed by atoms with Crippen LogP contribution in [-0.4, -0.2) is 54.4 Å². The standard InChI is InChI=1S/C18H30N2O6/c1-11-5-7-12(8-6-11)18(2,3)26-10-14(17(24)25-4)20-16(23)13(19)9-15(21)22/h5,12-14H,6-10,19H2,1-4H3,(H,20,23)(H,21,22)/t12?,13-,14-/m0/s1. The first-order valence-electron chi connectivity index (χ1n) is 8.72. The average molecular weight is 370 g/mol. The van der Waals surface area contributed by atoms with Gasteiger partial charge in [-0.15, -0.1) is 0 Å². The quantitative estimate of drug-likeness (QED) is 0.408. The molecule has 0 heterocycles. The number of ether oxygens (including phenoxy) is 2. The Morgan fingerprint density at radius 3 is 2.58 bits per heavy atom. The largest absolute Gasteiger partial charge is 0.481 e. The van der Waals surface area contributed by atoms with Gasteiger partial charge in [0.2, 0.25) is 5.91 Å². The van der Waals surface area contributed by atoms with Crippen molar-refractivity contribution < 1.29 is 29.0 Å². The van der Waals surface area contributed by atoms with Crippen LogP contribution in [0.2, 0.25) is 0 Å². The maximum absolute atomic E-state index is 12.0. The number of nitrogens with one attached hydrogen (secondary N) is 1. The molecule has 0 spiro atoms. The van der Waals surface area contributed by atoms with Crippen LogP contribution < -0.4 is 11.1 Å². The number of carboxylic acids is 1. The predicted molar refractivity (Wildman–Crippen MR) is 95.3 cm³/mol. The number of amides is 1. The zero-order chi connectivity index (χ0) is 19.9. The summed E-state index contributed by atoms with van der Waals surface area (Å²) >= 11 is 0. The molecular formula is C18H30N2O6. The molecule has 8 nitrogen and oxygen atoms in total. The molecular weight excluding hydrogens is 340 g/mol. The van der Waals surface area contributed by atoms with Crippen LogP contribution >= 0.6 is 0 Å². The Bertz CT molecular complexity index is 558. The number of methoxy groups -OCH3 is 1. The van der Waals surface area contributed by atoms with Gasteiger partial charge < -0.3 is 25.6 Å². The number of carbonyl (C=O) groups is 3. The Balaban J connectivity index is 2.68. The maximum atomic E-state index is 12.0. The number of hydrogen-bond acceptors (Lipinski definition) is 6. The van der Waals surface area contributed by atoms with E-state index in [1.807, 2.05) is 13.8 Å². The van der Waals surface area contributed by atoms with E-state index in [4.69, 9.17) is 20.3 Å². The molecule has 1 rings (SSSR count). The molecule has 0 bridgehead atoms. The maximum Gasteiger partial charge on any atom is 0.330 e. The lowest BCUT2D eigenvalue weighted by Gasteiger charge is -2.37. The highest BCUT2D eigenvalue weighted by molar-refractivity contribution is 5.89. The van der Waals surface area contributed by atoms with Crippen LogP contribution in [0, 0.1) is 5.92 Å². The molecule has 148 valence electrons. The summed E-state index contributed by atoms with van der Waals surface area (Å²) in [5.41, 5.74) is 6.40. The van der Waals surface area contributed by atoms with Gasteiger partial charge in [-0.05, 0) is 46.0 Å². The minimum atomic E-state index is -1.25. The first-order chi connectivity index (χ1) is 12.1. The van der Waals surface area contributed by atoms with Crippen LogP contribution in [0.4, 0.5) is 0 Å². The van der Waals surface area contributed by atoms with Gasteiger partial charge in [-0.1, -0.05) is 11.6 Å². The normalized spacial score (nSPS) is 19.9. The molecule has 0 aliphatic heterocycles. The van der Waals surface area contributed by atoms with Crippen molar-refractivity contribution in [3.05, 3.63) is 11.6 Å². The fraction of sp³-hybridized carbons (Fsp3) is 0.722. The SMILES string of the molecule is COC(=O)[C@H](COC(C)(C)C1CC=C(C)CC1)NC(=O)[C@@H](N)CC(=O)O. The van der Waals surface area contributed by atoms with Crippen molar-refractivity contribution in [1.82, 2.24) is 5.32 Å². The summed E-state index contributed by atoms with van der Waals surface area (Å²) in [4.78, 5) is 34.6. The molecule has 1 aliphatic carbocycles. The highest BCUT2D eigenvalue weighted by Gasteiger charge is 2.34. The summed E-state index contributed by atoms with van der Waals surface area (Å²) < 4.78 is 10.6. The van der Waals surface area contributed by atoms with E-state index in [1.54, 1.807) is 0 Å². The van der Waals surface area contributed by atoms with Crippen molar-refractivity contribution in [2.75, 3.05) is 13.7 Å². The summed E-state index contributed by atoms with van der Waals surface area (Å²) in [6.07, 6.45) is 4.58. The van der Waals surface area contributed by atoms with Crippen molar-refractivity contribution in [2.24, 2.45) is 11.7 Å². The minimum Gasteiger partial charge on any atom is -0.481 e. The Morgan fingerprint density at radius 1 is 1.42 bits per heavy atom. The lowest BCUT2D eigenvalue weighted by Crippen LogP contribution is -2.52. The third kappa shape index (κ3) is 6.76. The summed E-state index contributed by atoms with van der Waals surface area (Å²) in [5, 5.41) is 11.1. The number of hydrogen-bond donors (Lipinski definition) is 3. The summed E-state index contributed by atoms with van der Waals surface area (Å²) in [6, 6.07) is -2.30. The first kappa shape index (κ1) is 22.1. The van der Waals surface area contributed by atoms with Gasteiger partial charge in [0.25, 0.3) is 0 Å². The van der Waals surface area contributed by atoms with E-state index in [9.17, 15) is 14.4 Å². The number of nitrogens with two attached hydrogens (primary N) is 1. The van der Waals surface area contributed by atoms with E-state index >= 15 is 0 Å². The second kappa shape index (κ2) is 9.68. The molecule has 0 aromatic heterocycles. The smallest absolute Gasteiger partial charge is 0.330 e. The molecule has 3 atom stereocenters. The Morgan fingerprint density at radius 2 is 2.08 bits per heavy atom.